The smallest absolute Gasteiger partial charge is 0.306 e. The fourth-order valence-corrected chi connectivity index (χ4v) is 5.84. The third-order valence-electron chi connectivity index (χ3n) is 8.04. The van der Waals surface area contributed by atoms with E-state index in [1.165, 1.54) is 17.7 Å². The monoisotopic (exact) mass is 641 g/mol. The molecule has 0 radical (unpaired) electrons. The van der Waals surface area contributed by atoms with Crippen LogP contribution in [0.4, 0.5) is 5.69 Å². The number of allylic oxidation sites excluding steroid dienone is 4. The lowest BCUT2D eigenvalue weighted by molar-refractivity contribution is -0.144. The third-order valence-corrected chi connectivity index (χ3v) is 8.91. The van der Waals surface area contributed by atoms with Crippen LogP contribution in [0.3, 0.4) is 0 Å². The first kappa shape index (κ1) is 34.1. The molecule has 5 rings (SSSR count). The van der Waals surface area contributed by atoms with Gasteiger partial charge in [0.2, 0.25) is 0 Å². The molecular formula is C36H39N3O6S. The zero-order chi connectivity index (χ0) is 33.1. The minimum Gasteiger partial charge on any atom is -0.465 e. The molecule has 0 spiro atoms. The number of amidine groups is 1. The summed E-state index contributed by atoms with van der Waals surface area (Å²) in [6.45, 7) is 4.06. The number of carbonyl (C=O) groups is 1. The van der Waals surface area contributed by atoms with Crippen LogP contribution in [-0.2, 0) is 30.9 Å². The Hall–Kier alpha value is -4.76. The SMILES string of the molecule is Cc1ccc(S(=O)(=O)O)cc1.N=C(N)C1=CC=C(c2ccc(N3CCC(CC(=O)OCCc4ccccc4)CC3)cc2)C(=C=O)C1. The summed E-state index contributed by atoms with van der Waals surface area (Å²) < 4.78 is 35.0. The van der Waals surface area contributed by atoms with Crippen LogP contribution in [0.2, 0.25) is 0 Å². The van der Waals surface area contributed by atoms with Crippen LogP contribution in [0.25, 0.3) is 5.57 Å². The van der Waals surface area contributed by atoms with Gasteiger partial charge in [-0.15, -0.1) is 0 Å². The predicted molar refractivity (Wildman–Crippen MR) is 180 cm³/mol. The van der Waals surface area contributed by atoms with E-state index in [4.69, 9.17) is 20.4 Å². The zero-order valence-electron chi connectivity index (χ0n) is 25.8. The van der Waals surface area contributed by atoms with Crippen LogP contribution >= 0.6 is 0 Å². The van der Waals surface area contributed by atoms with Gasteiger partial charge in [-0.05, 0) is 72.2 Å². The Morgan fingerprint density at radius 1 is 1.00 bits per heavy atom. The number of esters is 1. The molecule has 0 unspecified atom stereocenters. The van der Waals surface area contributed by atoms with E-state index in [1.54, 1.807) is 18.2 Å². The topological polar surface area (TPSA) is 151 Å². The van der Waals surface area contributed by atoms with Crippen LogP contribution in [-0.4, -0.2) is 50.4 Å². The van der Waals surface area contributed by atoms with Gasteiger partial charge in [-0.3, -0.25) is 14.8 Å². The van der Waals surface area contributed by atoms with E-state index in [9.17, 15) is 18.0 Å². The maximum Gasteiger partial charge on any atom is 0.306 e. The van der Waals surface area contributed by atoms with E-state index in [0.717, 1.165) is 54.7 Å². The Morgan fingerprint density at radius 3 is 2.24 bits per heavy atom. The summed E-state index contributed by atoms with van der Waals surface area (Å²) in [6.07, 6.45) is 7.09. The molecule has 0 amide bonds. The highest BCUT2D eigenvalue weighted by atomic mass is 32.2. The Kier molecular flexibility index (Phi) is 11.9. The molecule has 2 aliphatic rings. The van der Waals surface area contributed by atoms with Gasteiger partial charge in [0, 0.05) is 43.6 Å². The number of carbonyl (C=O) groups excluding carboxylic acids is 2. The van der Waals surface area contributed by atoms with Crippen molar-refractivity contribution in [1.82, 2.24) is 0 Å². The molecule has 1 fully saturated rings. The molecule has 1 aliphatic carbocycles. The summed E-state index contributed by atoms with van der Waals surface area (Å²) in [7, 11) is -4.02. The fraction of sp³-hybridized carbons (Fsp3) is 0.278. The lowest BCUT2D eigenvalue weighted by Crippen LogP contribution is -2.34. The fourth-order valence-electron chi connectivity index (χ4n) is 5.35. The molecule has 10 heteroatoms. The minimum absolute atomic E-state index is 0.0211. The molecule has 1 saturated heterocycles. The number of nitrogens with zero attached hydrogens (tertiary/aromatic N) is 1. The van der Waals surface area contributed by atoms with Crippen LogP contribution in [0.1, 0.15) is 42.4 Å². The first-order valence-electron chi connectivity index (χ1n) is 15.1. The van der Waals surface area contributed by atoms with Crippen LogP contribution in [0.5, 0.6) is 0 Å². The number of hydrogen-bond donors (Lipinski definition) is 3. The third kappa shape index (κ3) is 9.87. The van der Waals surface area contributed by atoms with E-state index in [0.29, 0.717) is 36.5 Å². The van der Waals surface area contributed by atoms with Gasteiger partial charge < -0.3 is 15.4 Å². The Bertz CT molecular complexity index is 1730. The van der Waals surface area contributed by atoms with E-state index >= 15 is 0 Å². The lowest BCUT2D eigenvalue weighted by Gasteiger charge is -2.33. The number of anilines is 1. The molecular weight excluding hydrogens is 602 g/mol. The Morgan fingerprint density at radius 2 is 1.65 bits per heavy atom. The number of hydrogen-bond acceptors (Lipinski definition) is 7. The van der Waals surface area contributed by atoms with E-state index in [-0.39, 0.29) is 16.7 Å². The molecule has 3 aromatic carbocycles. The van der Waals surface area contributed by atoms with Crippen LogP contribution in [0.15, 0.2) is 107 Å². The number of nitrogens with one attached hydrogen (secondary N) is 1. The molecule has 1 heterocycles. The van der Waals surface area contributed by atoms with Gasteiger partial charge in [-0.25, -0.2) is 4.79 Å². The van der Waals surface area contributed by atoms with E-state index in [1.807, 2.05) is 61.4 Å². The highest BCUT2D eigenvalue weighted by Gasteiger charge is 2.23. The molecule has 46 heavy (non-hydrogen) atoms. The van der Waals surface area contributed by atoms with Gasteiger partial charge in [-0.2, -0.15) is 8.42 Å². The maximum absolute atomic E-state index is 12.3. The number of rotatable bonds is 9. The first-order valence-corrected chi connectivity index (χ1v) is 16.6. The average molecular weight is 642 g/mol. The molecule has 4 N–H and O–H groups in total. The van der Waals surface area contributed by atoms with Crippen molar-refractivity contribution in [3.8, 4) is 0 Å². The molecule has 0 atom stereocenters. The van der Waals surface area contributed by atoms with Crippen molar-refractivity contribution >= 4 is 39.1 Å². The summed E-state index contributed by atoms with van der Waals surface area (Å²) >= 11 is 0. The van der Waals surface area contributed by atoms with Gasteiger partial charge in [-0.1, -0.05) is 72.3 Å². The Balaban J connectivity index is 0.000000369. The van der Waals surface area contributed by atoms with Gasteiger partial charge in [0.15, 0.2) is 0 Å². The molecule has 0 bridgehead atoms. The largest absolute Gasteiger partial charge is 0.465 e. The summed E-state index contributed by atoms with van der Waals surface area (Å²) in [4.78, 5) is 26.0. The molecule has 240 valence electrons. The maximum atomic E-state index is 12.3. The van der Waals surface area contributed by atoms with Crippen LogP contribution in [0, 0.1) is 18.3 Å². The van der Waals surface area contributed by atoms with Gasteiger partial charge in [0.1, 0.15) is 11.8 Å². The summed E-state index contributed by atoms with van der Waals surface area (Å²) in [5.41, 5.74) is 11.7. The molecule has 1 aliphatic heterocycles. The Labute approximate surface area is 270 Å². The number of nitrogens with two attached hydrogens (primary N) is 1. The minimum atomic E-state index is -4.02. The van der Waals surface area contributed by atoms with Crippen molar-refractivity contribution in [1.29, 1.82) is 5.41 Å². The second-order valence-corrected chi connectivity index (χ2v) is 12.8. The second-order valence-electron chi connectivity index (χ2n) is 11.4. The number of benzene rings is 3. The molecule has 9 nitrogen and oxygen atoms in total. The normalized spacial score (nSPS) is 15.1. The second kappa shape index (κ2) is 16.0. The van der Waals surface area contributed by atoms with Crippen molar-refractivity contribution in [3.63, 3.8) is 0 Å². The quantitative estimate of drug-likeness (QED) is 0.0882. The average Bonchev–Trinajstić information content (AvgIpc) is 3.05. The van der Waals surface area contributed by atoms with Crippen molar-refractivity contribution in [3.05, 3.63) is 119 Å². The van der Waals surface area contributed by atoms with Gasteiger partial charge >= 0.3 is 5.97 Å². The van der Waals surface area contributed by atoms with Crippen molar-refractivity contribution < 1.29 is 27.3 Å². The van der Waals surface area contributed by atoms with Gasteiger partial charge in [0.05, 0.1) is 11.5 Å². The lowest BCUT2D eigenvalue weighted by atomic mass is 9.88. The van der Waals surface area contributed by atoms with E-state index in [2.05, 4.69) is 17.0 Å². The number of aryl methyl sites for hydroxylation is 1. The summed E-state index contributed by atoms with van der Waals surface area (Å²) in [6, 6.07) is 24.2. The first-order chi connectivity index (χ1) is 22.0. The summed E-state index contributed by atoms with van der Waals surface area (Å²) in [5.74, 6) is 2.24. The van der Waals surface area contributed by atoms with E-state index < -0.39 is 10.1 Å². The van der Waals surface area contributed by atoms with Gasteiger partial charge in [0.25, 0.3) is 10.1 Å². The highest BCUT2D eigenvalue weighted by molar-refractivity contribution is 7.85. The summed E-state index contributed by atoms with van der Waals surface area (Å²) in [5, 5.41) is 7.59. The highest BCUT2D eigenvalue weighted by Crippen LogP contribution is 2.32. The number of piperidine rings is 1. The standard InChI is InChI=1S/C29H31N3O3.C7H8O3S/c30-29(31)24-8-11-27(25(19-24)20-33)23-6-9-26(10-7-23)32-15-12-22(13-16-32)18-28(34)35-17-14-21-4-2-1-3-5-21;1-6-2-4-7(5-3-6)11(8,9)10/h1-11,22H,12-19H2,(H3,30,31);2-5H,1H3,(H,8,9,10). The molecule has 3 aromatic rings. The molecule has 0 saturated carbocycles. The van der Waals surface area contributed by atoms with Crippen molar-refractivity contribution in [2.24, 2.45) is 11.7 Å². The number of ether oxygens (including phenoxy) is 1. The molecule has 0 aromatic heterocycles. The van der Waals surface area contributed by atoms with Crippen LogP contribution < -0.4 is 10.6 Å². The van der Waals surface area contributed by atoms with Crippen molar-refractivity contribution in [2.75, 3.05) is 24.6 Å². The van der Waals surface area contributed by atoms with Crippen molar-refractivity contribution in [2.45, 2.75) is 43.9 Å². The zero-order valence-corrected chi connectivity index (χ0v) is 26.6. The predicted octanol–water partition coefficient (Wildman–Crippen LogP) is 5.73.